The van der Waals surface area contributed by atoms with Crippen LogP contribution in [0.5, 0.6) is 0 Å². The molecular formula is C21H38Cl2N6O7. The van der Waals surface area contributed by atoms with Crippen LogP contribution in [0, 0.1) is 0 Å². The first-order valence-electron chi connectivity index (χ1n) is 11.6. The van der Waals surface area contributed by atoms with Gasteiger partial charge in [-0.05, 0) is 25.8 Å². The highest BCUT2D eigenvalue weighted by Crippen LogP contribution is 2.27. The molecule has 1 saturated heterocycles. The number of amides is 2. The number of aliphatic hydroxyl groups is 2. The van der Waals surface area contributed by atoms with Crippen molar-refractivity contribution in [1.29, 1.82) is 0 Å². The van der Waals surface area contributed by atoms with Gasteiger partial charge in [0.15, 0.2) is 0 Å². The number of nitrogens with zero attached hydrogens (tertiary/aromatic N) is 1. The summed E-state index contributed by atoms with van der Waals surface area (Å²) in [7, 11) is 0. The molecule has 1 aliphatic heterocycles. The van der Waals surface area contributed by atoms with Crippen molar-refractivity contribution >= 4 is 36.6 Å². The Labute approximate surface area is 221 Å². The van der Waals surface area contributed by atoms with E-state index in [1.54, 1.807) is 0 Å². The van der Waals surface area contributed by atoms with E-state index in [0.717, 1.165) is 23.8 Å². The van der Waals surface area contributed by atoms with E-state index >= 15 is 0 Å². The van der Waals surface area contributed by atoms with Crippen LogP contribution in [0.2, 0.25) is 0 Å². The second kappa shape index (κ2) is 17.5. The van der Waals surface area contributed by atoms with Crippen molar-refractivity contribution in [3.05, 3.63) is 32.6 Å². The van der Waals surface area contributed by atoms with Crippen LogP contribution < -0.4 is 33.3 Å². The topological polar surface area (TPSA) is 215 Å². The Morgan fingerprint density at radius 3 is 2.53 bits per heavy atom. The number of unbranched alkanes of at least 4 members (excludes halogenated alkanes) is 2. The molecule has 1 aromatic heterocycles. The van der Waals surface area contributed by atoms with E-state index in [0.29, 0.717) is 13.0 Å². The van der Waals surface area contributed by atoms with Crippen molar-refractivity contribution in [1.82, 2.24) is 20.2 Å². The maximum Gasteiger partial charge on any atom is 0.330 e. The van der Waals surface area contributed by atoms with Gasteiger partial charge in [-0.25, -0.2) is 4.79 Å². The van der Waals surface area contributed by atoms with Gasteiger partial charge in [-0.3, -0.25) is 23.9 Å². The molecule has 1 aromatic rings. The highest BCUT2D eigenvalue weighted by molar-refractivity contribution is 5.85. The molecular weight excluding hydrogens is 519 g/mol. The molecule has 0 bridgehead atoms. The van der Waals surface area contributed by atoms with E-state index < -0.39 is 42.3 Å². The van der Waals surface area contributed by atoms with Gasteiger partial charge in [0, 0.05) is 37.7 Å². The lowest BCUT2D eigenvalue weighted by molar-refractivity contribution is -0.123. The van der Waals surface area contributed by atoms with Gasteiger partial charge in [0.2, 0.25) is 11.8 Å². The molecule has 0 unspecified atom stereocenters. The van der Waals surface area contributed by atoms with Crippen LogP contribution in [0.25, 0.3) is 0 Å². The maximum absolute atomic E-state index is 12.1. The average Bonchev–Trinajstić information content (AvgIpc) is 3.18. The first kappa shape index (κ1) is 34.0. The molecule has 2 heterocycles. The van der Waals surface area contributed by atoms with Crippen LogP contribution in [0.15, 0.2) is 15.8 Å². The summed E-state index contributed by atoms with van der Waals surface area (Å²) in [6, 6.07) is -0.603. The van der Waals surface area contributed by atoms with Gasteiger partial charge in [0.1, 0.15) is 12.3 Å². The van der Waals surface area contributed by atoms with E-state index in [1.165, 1.54) is 6.20 Å². The van der Waals surface area contributed by atoms with Crippen molar-refractivity contribution < 1.29 is 24.5 Å². The van der Waals surface area contributed by atoms with Crippen LogP contribution in [0.4, 0.5) is 0 Å². The van der Waals surface area contributed by atoms with Gasteiger partial charge in [0.05, 0.1) is 18.8 Å². The summed E-state index contributed by atoms with van der Waals surface area (Å²) >= 11 is 0. The average molecular weight is 557 g/mol. The number of carbonyl (C=O) groups excluding carboxylic acids is 2. The van der Waals surface area contributed by atoms with Gasteiger partial charge in [-0.2, -0.15) is 0 Å². The number of hydrogen-bond acceptors (Lipinski definition) is 9. The number of aliphatic hydroxyl groups excluding tert-OH is 2. The number of aryl methyl sites for hydroxylation is 1. The quantitative estimate of drug-likeness (QED) is 0.126. The normalized spacial score (nSPS) is 19.6. The molecule has 2 rings (SSSR count). The van der Waals surface area contributed by atoms with Crippen molar-refractivity contribution in [2.45, 2.75) is 69.4 Å². The predicted molar refractivity (Wildman–Crippen MR) is 137 cm³/mol. The van der Waals surface area contributed by atoms with Crippen LogP contribution in [-0.2, 0) is 20.7 Å². The summed E-state index contributed by atoms with van der Waals surface area (Å²) in [5.41, 5.74) is 10.1. The monoisotopic (exact) mass is 556 g/mol. The van der Waals surface area contributed by atoms with Gasteiger partial charge >= 0.3 is 5.69 Å². The van der Waals surface area contributed by atoms with E-state index in [9.17, 15) is 29.4 Å². The van der Waals surface area contributed by atoms with Gasteiger partial charge < -0.3 is 37.1 Å². The Bertz CT molecular complexity index is 929. The molecule has 0 aliphatic carbocycles. The minimum Gasteiger partial charge on any atom is -0.394 e. The first-order valence-corrected chi connectivity index (χ1v) is 11.6. The molecule has 1 fully saturated rings. The van der Waals surface area contributed by atoms with Gasteiger partial charge in [-0.15, -0.1) is 24.8 Å². The first-order chi connectivity index (χ1) is 16.3. The molecule has 9 N–H and O–H groups in total. The highest BCUT2D eigenvalue weighted by Gasteiger charge is 2.35. The number of nitrogens with two attached hydrogens (primary N) is 2. The number of hydrogen-bond donors (Lipinski definition) is 7. The number of aromatic amines is 1. The van der Waals surface area contributed by atoms with Crippen LogP contribution in [-0.4, -0.2) is 76.1 Å². The Morgan fingerprint density at radius 1 is 1.19 bits per heavy atom. The third-order valence-corrected chi connectivity index (χ3v) is 5.66. The zero-order valence-electron chi connectivity index (χ0n) is 20.0. The summed E-state index contributed by atoms with van der Waals surface area (Å²) in [6.07, 6.45) is 2.08. The van der Waals surface area contributed by atoms with E-state index in [2.05, 4.69) is 15.6 Å². The molecule has 0 radical (unpaired) electrons. The van der Waals surface area contributed by atoms with Crippen LogP contribution in [0.1, 0.15) is 50.3 Å². The fraction of sp³-hybridized carbons (Fsp3) is 0.714. The minimum absolute atomic E-state index is 0. The number of halogens is 2. The summed E-state index contributed by atoms with van der Waals surface area (Å²) in [5, 5.41) is 24.4. The molecule has 208 valence electrons. The third kappa shape index (κ3) is 10.5. The standard InChI is InChI=1S/C21H36N6O7.2ClH/c22-7-3-1-2-4-14(23)20(32)25-9-8-24-17(30)6-5-13-11-27(21(33)26-19(13)31)18-10-15(29)16(12-28)34-18;;/h11,14-16,18,28-29H,1-10,12,22-23H2,(H,24,30)(H,25,32)(H,26,31,33);2*1H/t14-,15-,16+,18+;;/m0../s1. The van der Waals surface area contributed by atoms with Crippen molar-refractivity contribution in [3.63, 3.8) is 0 Å². The Morgan fingerprint density at radius 2 is 1.89 bits per heavy atom. The van der Waals surface area contributed by atoms with Gasteiger partial charge in [0.25, 0.3) is 5.56 Å². The summed E-state index contributed by atoms with van der Waals surface area (Å²) < 4.78 is 6.60. The van der Waals surface area contributed by atoms with Crippen molar-refractivity contribution in [2.75, 3.05) is 26.2 Å². The predicted octanol–water partition coefficient (Wildman–Crippen LogP) is -1.97. The molecule has 2 amide bonds. The lowest BCUT2D eigenvalue weighted by Crippen LogP contribution is -2.43. The summed E-state index contributed by atoms with van der Waals surface area (Å²) in [6.45, 7) is 0.643. The molecule has 0 spiro atoms. The lowest BCUT2D eigenvalue weighted by atomic mass is 10.1. The van der Waals surface area contributed by atoms with Gasteiger partial charge in [-0.1, -0.05) is 12.8 Å². The summed E-state index contributed by atoms with van der Waals surface area (Å²) in [5.74, 6) is -0.608. The number of rotatable bonds is 14. The number of aromatic nitrogens is 2. The second-order valence-electron chi connectivity index (χ2n) is 8.32. The molecule has 4 atom stereocenters. The van der Waals surface area contributed by atoms with E-state index in [-0.39, 0.29) is 74.5 Å². The molecule has 13 nitrogen and oxygen atoms in total. The van der Waals surface area contributed by atoms with E-state index in [1.807, 2.05) is 0 Å². The largest absolute Gasteiger partial charge is 0.394 e. The molecule has 36 heavy (non-hydrogen) atoms. The van der Waals surface area contributed by atoms with Crippen molar-refractivity contribution in [3.8, 4) is 0 Å². The molecule has 1 aliphatic rings. The van der Waals surface area contributed by atoms with Crippen LogP contribution >= 0.6 is 24.8 Å². The number of H-pyrrole nitrogens is 1. The summed E-state index contributed by atoms with van der Waals surface area (Å²) in [4.78, 5) is 50.5. The molecule has 0 saturated carbocycles. The smallest absolute Gasteiger partial charge is 0.330 e. The Hall–Kier alpha value is -2.00. The highest BCUT2D eigenvalue weighted by atomic mass is 35.5. The fourth-order valence-electron chi connectivity index (χ4n) is 3.64. The number of carbonyl (C=O) groups is 2. The Balaban J connectivity index is 0.00000612. The van der Waals surface area contributed by atoms with Crippen molar-refractivity contribution in [2.24, 2.45) is 11.5 Å². The third-order valence-electron chi connectivity index (χ3n) is 5.66. The molecule has 0 aromatic carbocycles. The molecule has 15 heteroatoms. The SMILES string of the molecule is Cl.Cl.NCCCCC[C@H](N)C(=O)NCCNC(=O)CCc1cn([C@H]2C[C@H](O)[C@@H](CO)O2)c(=O)[nH]c1=O. The number of nitrogens with one attached hydrogen (secondary N) is 3. The lowest BCUT2D eigenvalue weighted by Gasteiger charge is -2.15. The Kier molecular flexibility index (Phi) is 16.5. The van der Waals surface area contributed by atoms with E-state index in [4.69, 9.17) is 16.2 Å². The minimum atomic E-state index is -0.936. The zero-order valence-corrected chi connectivity index (χ0v) is 21.7. The number of ether oxygens (including phenoxy) is 1. The second-order valence-corrected chi connectivity index (χ2v) is 8.32. The fourth-order valence-corrected chi connectivity index (χ4v) is 3.64. The maximum atomic E-state index is 12.1. The van der Waals surface area contributed by atoms with Crippen LogP contribution in [0.3, 0.4) is 0 Å². The zero-order chi connectivity index (χ0) is 25.1.